The van der Waals surface area contributed by atoms with Gasteiger partial charge in [0.25, 0.3) is 6.29 Å². The van der Waals surface area contributed by atoms with Crippen LogP contribution < -0.4 is 0 Å². The minimum absolute atomic E-state index is 0.0940. The third-order valence-electron chi connectivity index (χ3n) is 4.94. The van der Waals surface area contributed by atoms with Crippen molar-refractivity contribution >= 4 is 18.0 Å². The molecule has 2 aromatic rings. The molecule has 34 heavy (non-hydrogen) atoms. The monoisotopic (exact) mass is 477 g/mol. The molecule has 0 aliphatic carbocycles. The molecular weight excluding hydrogens is 450 g/mol. The molecule has 10 heteroatoms. The molecule has 1 heterocycles. The molecule has 1 saturated heterocycles. The van der Waals surface area contributed by atoms with Gasteiger partial charge < -0.3 is 18.9 Å². The number of nitrogens with zero attached hydrogens (tertiary/aromatic N) is 2. The maximum atomic E-state index is 15.4. The summed E-state index contributed by atoms with van der Waals surface area (Å²) in [7, 11) is 6.48. The second-order valence-electron chi connectivity index (χ2n) is 8.03. The van der Waals surface area contributed by atoms with Gasteiger partial charge in [-0.05, 0) is 24.3 Å². The summed E-state index contributed by atoms with van der Waals surface area (Å²) in [4.78, 5) is 26.4. The van der Waals surface area contributed by atoms with E-state index >= 15 is 8.78 Å². The second-order valence-corrected chi connectivity index (χ2v) is 8.03. The number of hydrogen-bond acceptors (Lipinski definition) is 6. The maximum absolute atomic E-state index is 15.4. The number of carbonyl (C=O) groups excluding carboxylic acids is 2. The molecule has 1 fully saturated rings. The van der Waals surface area contributed by atoms with Crippen LogP contribution in [0.4, 0.5) is 8.78 Å². The van der Waals surface area contributed by atoms with Crippen molar-refractivity contribution in [2.24, 2.45) is 0 Å². The molecule has 0 amide bonds. The SMILES string of the molecule is CN(C)C(O[C@@H]1O[C@H](COC(=O)c2ccccc2)[C@@H](OC(=O)c2ccccc2)C1(F)F)=[N+](C)C. The smallest absolute Gasteiger partial charge is 0.447 e. The number of carbonyl (C=O) groups is 2. The van der Waals surface area contributed by atoms with E-state index in [0.29, 0.717) is 0 Å². The van der Waals surface area contributed by atoms with Crippen LogP contribution in [0.25, 0.3) is 0 Å². The zero-order valence-corrected chi connectivity index (χ0v) is 19.3. The highest BCUT2D eigenvalue weighted by molar-refractivity contribution is 5.90. The van der Waals surface area contributed by atoms with Crippen molar-refractivity contribution in [3.8, 4) is 0 Å². The fraction of sp³-hybridized carbons (Fsp3) is 0.375. The number of alkyl halides is 2. The van der Waals surface area contributed by atoms with E-state index in [4.69, 9.17) is 18.9 Å². The van der Waals surface area contributed by atoms with E-state index in [0.717, 1.165) is 0 Å². The van der Waals surface area contributed by atoms with Gasteiger partial charge in [-0.1, -0.05) is 36.4 Å². The van der Waals surface area contributed by atoms with Crippen molar-refractivity contribution in [1.29, 1.82) is 0 Å². The van der Waals surface area contributed by atoms with Crippen LogP contribution in [0.15, 0.2) is 60.7 Å². The zero-order chi connectivity index (χ0) is 24.9. The number of halogens is 2. The third-order valence-corrected chi connectivity index (χ3v) is 4.94. The predicted octanol–water partition coefficient (Wildman–Crippen LogP) is 2.64. The summed E-state index contributed by atoms with van der Waals surface area (Å²) in [5.41, 5.74) is 0.338. The van der Waals surface area contributed by atoms with Crippen LogP contribution in [0.5, 0.6) is 0 Å². The third kappa shape index (κ3) is 5.69. The number of ether oxygens (including phenoxy) is 4. The summed E-state index contributed by atoms with van der Waals surface area (Å²) >= 11 is 0. The van der Waals surface area contributed by atoms with Crippen LogP contribution in [0.1, 0.15) is 20.7 Å². The van der Waals surface area contributed by atoms with Gasteiger partial charge in [0.15, 0.2) is 0 Å². The molecule has 1 aliphatic rings. The number of amidine groups is 1. The van der Waals surface area contributed by atoms with Gasteiger partial charge in [-0.3, -0.25) is 0 Å². The fourth-order valence-corrected chi connectivity index (χ4v) is 3.37. The van der Waals surface area contributed by atoms with Crippen molar-refractivity contribution in [3.05, 3.63) is 71.8 Å². The van der Waals surface area contributed by atoms with Crippen molar-refractivity contribution in [1.82, 2.24) is 4.90 Å². The van der Waals surface area contributed by atoms with E-state index < -0.39 is 43.0 Å². The van der Waals surface area contributed by atoms with Gasteiger partial charge in [-0.15, -0.1) is 0 Å². The van der Waals surface area contributed by atoms with Gasteiger partial charge in [0, 0.05) is 0 Å². The molecule has 0 radical (unpaired) electrons. The van der Waals surface area contributed by atoms with Crippen LogP contribution in [0.3, 0.4) is 0 Å². The zero-order valence-electron chi connectivity index (χ0n) is 19.3. The Balaban J connectivity index is 1.83. The van der Waals surface area contributed by atoms with E-state index in [9.17, 15) is 9.59 Å². The molecule has 0 saturated carbocycles. The Bertz CT molecular complexity index is 1030. The second kappa shape index (κ2) is 10.6. The molecule has 0 aromatic heterocycles. The highest BCUT2D eigenvalue weighted by Crippen LogP contribution is 2.39. The van der Waals surface area contributed by atoms with Gasteiger partial charge in [0.05, 0.1) is 39.3 Å². The molecular formula is C24H27F2N2O6+. The normalized spacial score (nSPS) is 20.8. The molecule has 3 atom stereocenters. The Morgan fingerprint density at radius 2 is 1.47 bits per heavy atom. The first kappa shape index (κ1) is 25.1. The van der Waals surface area contributed by atoms with Gasteiger partial charge in [0.2, 0.25) is 6.10 Å². The molecule has 0 N–H and O–H groups in total. The topological polar surface area (TPSA) is 77.3 Å². The quantitative estimate of drug-likeness (QED) is 0.274. The summed E-state index contributed by atoms with van der Waals surface area (Å²) in [5, 5.41) is 0. The minimum Gasteiger partial charge on any atom is -0.459 e. The van der Waals surface area contributed by atoms with Crippen LogP contribution in [0.2, 0.25) is 0 Å². The van der Waals surface area contributed by atoms with Crippen molar-refractivity contribution in [2.75, 3.05) is 34.8 Å². The molecule has 0 bridgehead atoms. The number of hydrogen-bond donors (Lipinski definition) is 0. The van der Waals surface area contributed by atoms with Gasteiger partial charge >= 0.3 is 23.9 Å². The van der Waals surface area contributed by atoms with E-state index in [2.05, 4.69) is 0 Å². The molecule has 0 unspecified atom stereocenters. The first-order chi connectivity index (χ1) is 16.1. The molecule has 2 aromatic carbocycles. The lowest BCUT2D eigenvalue weighted by Gasteiger charge is -2.24. The van der Waals surface area contributed by atoms with E-state index in [1.165, 1.54) is 33.7 Å². The molecule has 1 aliphatic heterocycles. The highest BCUT2D eigenvalue weighted by atomic mass is 19.3. The van der Waals surface area contributed by atoms with E-state index in [-0.39, 0.29) is 17.1 Å². The highest BCUT2D eigenvalue weighted by Gasteiger charge is 2.64. The summed E-state index contributed by atoms with van der Waals surface area (Å²) in [6.45, 7) is -0.574. The van der Waals surface area contributed by atoms with Crippen molar-refractivity contribution in [2.45, 2.75) is 24.4 Å². The van der Waals surface area contributed by atoms with Crippen molar-refractivity contribution in [3.63, 3.8) is 0 Å². The Morgan fingerprint density at radius 3 is 1.97 bits per heavy atom. The maximum Gasteiger partial charge on any atom is 0.447 e. The average Bonchev–Trinajstić information content (AvgIpc) is 3.05. The Kier molecular flexibility index (Phi) is 7.83. The van der Waals surface area contributed by atoms with Crippen LogP contribution >= 0.6 is 0 Å². The van der Waals surface area contributed by atoms with Crippen LogP contribution in [-0.4, -0.2) is 86.7 Å². The fourth-order valence-electron chi connectivity index (χ4n) is 3.37. The van der Waals surface area contributed by atoms with E-state index in [1.54, 1.807) is 64.6 Å². The van der Waals surface area contributed by atoms with E-state index in [1.807, 2.05) is 0 Å². The van der Waals surface area contributed by atoms with Gasteiger partial charge in [-0.25, -0.2) is 19.1 Å². The predicted molar refractivity (Wildman–Crippen MR) is 118 cm³/mol. The summed E-state index contributed by atoms with van der Waals surface area (Å²) in [5.74, 6) is -5.43. The lowest BCUT2D eigenvalue weighted by atomic mass is 10.1. The van der Waals surface area contributed by atoms with Crippen LogP contribution in [-0.2, 0) is 18.9 Å². The van der Waals surface area contributed by atoms with Crippen molar-refractivity contribution < 1.29 is 41.9 Å². The molecule has 8 nitrogen and oxygen atoms in total. The van der Waals surface area contributed by atoms with Gasteiger partial charge in [-0.2, -0.15) is 8.78 Å². The number of rotatable bonds is 6. The Labute approximate surface area is 196 Å². The molecule has 3 rings (SSSR count). The lowest BCUT2D eigenvalue weighted by Crippen LogP contribution is -2.47. The van der Waals surface area contributed by atoms with Gasteiger partial charge in [0.1, 0.15) is 12.7 Å². The average molecular weight is 477 g/mol. The first-order valence-corrected chi connectivity index (χ1v) is 10.5. The summed E-state index contributed by atoms with van der Waals surface area (Å²) in [6.07, 6.45) is -5.61. The molecule has 0 spiro atoms. The standard InChI is InChI=1S/C24H27F2N2O6/c1-27(2)23(28(3)4)34-22-24(25,26)19(33-21(30)17-13-9-6-10-14-17)18(32-22)15-31-20(29)16-11-7-5-8-12-16/h5-14,18-19,22H,15H2,1-4H3/q+1/t18-,19-,22+/m1/s1. The Hall–Kier alpha value is -3.53. The lowest BCUT2D eigenvalue weighted by molar-refractivity contribution is -0.484. The summed E-state index contributed by atoms with van der Waals surface area (Å²) < 4.78 is 53.6. The first-order valence-electron chi connectivity index (χ1n) is 10.5. The number of benzene rings is 2. The summed E-state index contributed by atoms with van der Waals surface area (Å²) in [6, 6.07) is 15.9. The minimum atomic E-state index is -3.74. The molecule has 182 valence electrons. The largest absolute Gasteiger partial charge is 0.459 e. The Morgan fingerprint density at radius 1 is 0.941 bits per heavy atom. The van der Waals surface area contributed by atoms with Crippen LogP contribution in [0, 0.1) is 0 Å². The number of esters is 2.